The van der Waals surface area contributed by atoms with Crippen molar-refractivity contribution in [1.29, 1.82) is 0 Å². The molecule has 30 heavy (non-hydrogen) atoms. The summed E-state index contributed by atoms with van der Waals surface area (Å²) in [6.45, 7) is 14.7. The lowest BCUT2D eigenvalue weighted by molar-refractivity contribution is 0.199. The predicted octanol–water partition coefficient (Wildman–Crippen LogP) is 4.09. The second-order valence-electron chi connectivity index (χ2n) is 8.63. The van der Waals surface area contributed by atoms with Crippen LogP contribution in [-0.4, -0.2) is 51.3 Å². The SMILES string of the molecule is Cc1ccc([C@H](c2nnnn2C(C)C)N2CCN(c3cccc(C)c3C)CC2)cc1. The zero-order chi connectivity index (χ0) is 21.3. The van der Waals surface area contributed by atoms with Crippen molar-refractivity contribution < 1.29 is 0 Å². The average molecular weight is 405 g/mol. The molecule has 6 nitrogen and oxygen atoms in total. The number of hydrogen-bond acceptors (Lipinski definition) is 5. The van der Waals surface area contributed by atoms with Crippen LogP contribution in [0.4, 0.5) is 5.69 Å². The fourth-order valence-electron chi connectivity index (χ4n) is 4.32. The zero-order valence-corrected chi connectivity index (χ0v) is 18.7. The quantitative estimate of drug-likeness (QED) is 0.641. The molecule has 6 heteroatoms. The van der Waals surface area contributed by atoms with Gasteiger partial charge in [-0.15, -0.1) is 5.10 Å². The Morgan fingerprint density at radius 1 is 0.867 bits per heavy atom. The van der Waals surface area contributed by atoms with Crippen molar-refractivity contribution in [1.82, 2.24) is 25.1 Å². The topological polar surface area (TPSA) is 50.1 Å². The van der Waals surface area contributed by atoms with Crippen molar-refractivity contribution in [3.63, 3.8) is 0 Å². The lowest BCUT2D eigenvalue weighted by atomic mass is 10.0. The molecule has 1 aromatic heterocycles. The van der Waals surface area contributed by atoms with Gasteiger partial charge in [-0.2, -0.15) is 0 Å². The summed E-state index contributed by atoms with van der Waals surface area (Å²) in [5, 5.41) is 12.7. The average Bonchev–Trinajstić information content (AvgIpc) is 3.22. The van der Waals surface area contributed by atoms with Crippen LogP contribution in [0.25, 0.3) is 0 Å². The first-order valence-electron chi connectivity index (χ1n) is 10.8. The zero-order valence-electron chi connectivity index (χ0n) is 18.7. The largest absolute Gasteiger partial charge is 0.369 e. The number of nitrogens with zero attached hydrogens (tertiary/aromatic N) is 6. The van der Waals surface area contributed by atoms with Gasteiger partial charge in [-0.1, -0.05) is 42.0 Å². The van der Waals surface area contributed by atoms with Gasteiger partial charge in [0.1, 0.15) is 0 Å². The van der Waals surface area contributed by atoms with Crippen LogP contribution in [-0.2, 0) is 0 Å². The van der Waals surface area contributed by atoms with E-state index in [4.69, 9.17) is 0 Å². The van der Waals surface area contributed by atoms with Gasteiger partial charge in [-0.05, 0) is 67.8 Å². The molecule has 0 unspecified atom stereocenters. The number of tetrazole rings is 1. The molecule has 1 saturated heterocycles. The molecule has 3 aromatic rings. The summed E-state index contributed by atoms with van der Waals surface area (Å²) in [4.78, 5) is 5.04. The van der Waals surface area contributed by atoms with Crippen LogP contribution >= 0.6 is 0 Å². The monoisotopic (exact) mass is 404 g/mol. The number of benzene rings is 2. The molecule has 0 spiro atoms. The third kappa shape index (κ3) is 3.97. The minimum atomic E-state index is 0.0590. The molecule has 1 aliphatic rings. The Kier molecular flexibility index (Phi) is 5.86. The van der Waals surface area contributed by atoms with E-state index in [-0.39, 0.29) is 12.1 Å². The van der Waals surface area contributed by atoms with Gasteiger partial charge in [0.2, 0.25) is 0 Å². The third-order valence-electron chi connectivity index (χ3n) is 6.24. The molecule has 0 saturated carbocycles. The van der Waals surface area contributed by atoms with Crippen molar-refractivity contribution in [2.75, 3.05) is 31.1 Å². The van der Waals surface area contributed by atoms with Crippen LogP contribution < -0.4 is 4.90 Å². The Labute approximate surface area is 179 Å². The summed E-state index contributed by atoms with van der Waals surface area (Å²) in [6, 6.07) is 15.7. The normalized spacial score (nSPS) is 16.3. The van der Waals surface area contributed by atoms with Gasteiger partial charge in [0, 0.05) is 31.9 Å². The number of anilines is 1. The standard InChI is InChI=1S/C24H32N6/c1-17(2)30-24(25-26-27-30)23(21-11-9-18(3)10-12-21)29-15-13-28(14-16-29)22-8-6-7-19(4)20(22)5/h6-12,17,23H,13-16H2,1-5H3/t23-/m1/s1. The lowest BCUT2D eigenvalue weighted by Crippen LogP contribution is -2.48. The van der Waals surface area contributed by atoms with Crippen LogP contribution in [0.3, 0.4) is 0 Å². The number of hydrogen-bond donors (Lipinski definition) is 0. The highest BCUT2D eigenvalue weighted by Gasteiger charge is 2.31. The number of aromatic nitrogens is 4. The second kappa shape index (κ2) is 8.56. The van der Waals surface area contributed by atoms with Crippen molar-refractivity contribution in [2.45, 2.75) is 46.7 Å². The highest BCUT2D eigenvalue weighted by molar-refractivity contribution is 5.56. The summed E-state index contributed by atoms with van der Waals surface area (Å²) >= 11 is 0. The molecular weight excluding hydrogens is 372 g/mol. The minimum Gasteiger partial charge on any atom is -0.369 e. The van der Waals surface area contributed by atoms with Crippen molar-refractivity contribution in [3.8, 4) is 0 Å². The molecule has 1 aliphatic heterocycles. The molecule has 0 bridgehead atoms. The van der Waals surface area contributed by atoms with Crippen LogP contribution in [0, 0.1) is 20.8 Å². The highest BCUT2D eigenvalue weighted by Crippen LogP contribution is 2.31. The van der Waals surface area contributed by atoms with Crippen LogP contribution in [0.2, 0.25) is 0 Å². The number of rotatable bonds is 5. The molecule has 1 fully saturated rings. The highest BCUT2D eigenvalue weighted by atomic mass is 15.6. The van der Waals surface area contributed by atoms with Crippen molar-refractivity contribution in [3.05, 3.63) is 70.5 Å². The van der Waals surface area contributed by atoms with Gasteiger partial charge in [0.05, 0.1) is 12.1 Å². The lowest BCUT2D eigenvalue weighted by Gasteiger charge is -2.40. The summed E-state index contributed by atoms with van der Waals surface area (Å²) in [5.41, 5.74) is 6.60. The van der Waals surface area contributed by atoms with E-state index in [0.29, 0.717) is 0 Å². The Hall–Kier alpha value is -2.73. The van der Waals surface area contributed by atoms with Gasteiger partial charge in [0.25, 0.3) is 0 Å². The maximum absolute atomic E-state index is 4.46. The van der Waals surface area contributed by atoms with E-state index >= 15 is 0 Å². The summed E-state index contributed by atoms with van der Waals surface area (Å²) in [6.07, 6.45) is 0. The second-order valence-corrected chi connectivity index (χ2v) is 8.63. The maximum atomic E-state index is 4.46. The van der Waals surface area contributed by atoms with Crippen LogP contribution in [0.1, 0.15) is 54.0 Å². The Morgan fingerprint density at radius 2 is 1.57 bits per heavy atom. The smallest absolute Gasteiger partial charge is 0.173 e. The predicted molar refractivity (Wildman–Crippen MR) is 121 cm³/mol. The van der Waals surface area contributed by atoms with E-state index in [9.17, 15) is 0 Å². The van der Waals surface area contributed by atoms with Gasteiger partial charge in [-0.25, -0.2) is 4.68 Å². The van der Waals surface area contributed by atoms with Gasteiger partial charge in [0.15, 0.2) is 5.82 Å². The Morgan fingerprint density at radius 3 is 2.23 bits per heavy atom. The first-order valence-corrected chi connectivity index (χ1v) is 10.8. The molecule has 2 heterocycles. The van der Waals surface area contributed by atoms with Crippen LogP contribution in [0.15, 0.2) is 42.5 Å². The molecule has 0 amide bonds. The number of piperazine rings is 1. The molecule has 2 aromatic carbocycles. The van der Waals surface area contributed by atoms with E-state index < -0.39 is 0 Å². The van der Waals surface area contributed by atoms with Gasteiger partial charge >= 0.3 is 0 Å². The van der Waals surface area contributed by atoms with Gasteiger partial charge in [-0.3, -0.25) is 4.90 Å². The van der Waals surface area contributed by atoms with Gasteiger partial charge < -0.3 is 4.90 Å². The Bertz CT molecular complexity index is 983. The molecule has 0 N–H and O–H groups in total. The Balaban J connectivity index is 1.62. The summed E-state index contributed by atoms with van der Waals surface area (Å²) in [5.74, 6) is 0.925. The summed E-state index contributed by atoms with van der Waals surface area (Å²) in [7, 11) is 0. The fourth-order valence-corrected chi connectivity index (χ4v) is 4.32. The third-order valence-corrected chi connectivity index (χ3v) is 6.24. The molecule has 0 aliphatic carbocycles. The maximum Gasteiger partial charge on any atom is 0.173 e. The van der Waals surface area contributed by atoms with E-state index in [0.717, 1.165) is 32.0 Å². The molecular formula is C24H32N6. The van der Waals surface area contributed by atoms with Crippen molar-refractivity contribution >= 4 is 5.69 Å². The first kappa shape index (κ1) is 20.5. The fraction of sp³-hybridized carbons (Fsp3) is 0.458. The molecule has 158 valence electrons. The van der Waals surface area contributed by atoms with E-state index in [1.54, 1.807) is 0 Å². The van der Waals surface area contributed by atoms with E-state index in [1.807, 2.05) is 4.68 Å². The van der Waals surface area contributed by atoms with Crippen molar-refractivity contribution in [2.24, 2.45) is 0 Å². The summed E-state index contributed by atoms with van der Waals surface area (Å²) < 4.78 is 1.96. The molecule has 4 rings (SSSR count). The van der Waals surface area contributed by atoms with E-state index in [1.165, 1.54) is 27.9 Å². The first-order chi connectivity index (χ1) is 14.5. The minimum absolute atomic E-state index is 0.0590. The molecule has 1 atom stereocenters. The van der Waals surface area contributed by atoms with Crippen LogP contribution in [0.5, 0.6) is 0 Å². The molecule has 0 radical (unpaired) electrons. The van der Waals surface area contributed by atoms with E-state index in [2.05, 4.69) is 102 Å². The number of aryl methyl sites for hydroxylation is 2.